The van der Waals surface area contributed by atoms with E-state index in [9.17, 15) is 9.59 Å². The first-order chi connectivity index (χ1) is 8.18. The van der Waals surface area contributed by atoms with Crippen LogP contribution >= 0.6 is 22.6 Å². The molecule has 0 unspecified atom stereocenters. The lowest BCUT2D eigenvalue weighted by molar-refractivity contribution is -0.125. The first-order valence-electron chi connectivity index (χ1n) is 5.25. The maximum absolute atomic E-state index is 11.7. The number of para-hydroxylation sites is 1. The summed E-state index contributed by atoms with van der Waals surface area (Å²) in [6.45, 7) is 1.12. The van der Waals surface area contributed by atoms with Gasteiger partial charge in [-0.3, -0.25) is 9.69 Å². The number of imide groups is 1. The SMILES string of the molecule is O=C(CNc1ccccc1I)N1CCNC1=O. The number of carbonyl (C=O) groups is 2. The molecular weight excluding hydrogens is 333 g/mol. The molecule has 0 aliphatic carbocycles. The predicted octanol–water partition coefficient (Wildman–Crippen LogP) is 1.25. The van der Waals surface area contributed by atoms with Crippen molar-refractivity contribution in [1.29, 1.82) is 0 Å². The van der Waals surface area contributed by atoms with Crippen molar-refractivity contribution in [2.24, 2.45) is 0 Å². The van der Waals surface area contributed by atoms with Gasteiger partial charge in [0.1, 0.15) is 0 Å². The molecule has 0 aromatic heterocycles. The smallest absolute Gasteiger partial charge is 0.324 e. The van der Waals surface area contributed by atoms with E-state index in [0.717, 1.165) is 9.26 Å². The van der Waals surface area contributed by atoms with Gasteiger partial charge in [0.25, 0.3) is 0 Å². The van der Waals surface area contributed by atoms with Crippen molar-refractivity contribution in [2.45, 2.75) is 0 Å². The molecule has 1 saturated heterocycles. The first kappa shape index (κ1) is 12.2. The van der Waals surface area contributed by atoms with Gasteiger partial charge in [0.15, 0.2) is 0 Å². The molecule has 1 heterocycles. The fourth-order valence-electron chi connectivity index (χ4n) is 1.58. The highest BCUT2D eigenvalue weighted by Crippen LogP contribution is 2.16. The largest absolute Gasteiger partial charge is 0.375 e. The van der Waals surface area contributed by atoms with Gasteiger partial charge < -0.3 is 10.6 Å². The number of amides is 3. The second-order valence-corrected chi connectivity index (χ2v) is 4.77. The standard InChI is InChI=1S/C11H12IN3O2/c12-8-3-1-2-4-9(8)14-7-10(16)15-6-5-13-11(15)17/h1-4,14H,5-7H2,(H,13,17). The van der Waals surface area contributed by atoms with Crippen LogP contribution in [0.2, 0.25) is 0 Å². The molecule has 1 aromatic carbocycles. The summed E-state index contributed by atoms with van der Waals surface area (Å²) in [6.07, 6.45) is 0. The third kappa shape index (κ3) is 2.87. The molecule has 0 saturated carbocycles. The van der Waals surface area contributed by atoms with Crippen molar-refractivity contribution < 1.29 is 9.59 Å². The Balaban J connectivity index is 1.92. The summed E-state index contributed by atoms with van der Waals surface area (Å²) in [4.78, 5) is 24.2. The summed E-state index contributed by atoms with van der Waals surface area (Å²) < 4.78 is 1.05. The number of rotatable bonds is 3. The highest BCUT2D eigenvalue weighted by molar-refractivity contribution is 14.1. The molecule has 90 valence electrons. The van der Waals surface area contributed by atoms with Gasteiger partial charge in [-0.2, -0.15) is 0 Å². The summed E-state index contributed by atoms with van der Waals surface area (Å²) in [5, 5.41) is 5.63. The van der Waals surface area contributed by atoms with E-state index >= 15 is 0 Å². The van der Waals surface area contributed by atoms with Gasteiger partial charge in [0.05, 0.1) is 6.54 Å². The summed E-state index contributed by atoms with van der Waals surface area (Å²) in [5.74, 6) is -0.209. The molecule has 2 rings (SSSR count). The maximum atomic E-state index is 11.7. The van der Waals surface area contributed by atoms with Gasteiger partial charge in [0, 0.05) is 22.3 Å². The molecule has 1 fully saturated rings. The Bertz CT molecular complexity index is 450. The lowest BCUT2D eigenvalue weighted by atomic mass is 10.3. The molecule has 1 aliphatic rings. The fourth-order valence-corrected chi connectivity index (χ4v) is 2.16. The van der Waals surface area contributed by atoms with Gasteiger partial charge in [0.2, 0.25) is 5.91 Å². The number of nitrogens with zero attached hydrogens (tertiary/aromatic N) is 1. The first-order valence-corrected chi connectivity index (χ1v) is 6.33. The summed E-state index contributed by atoms with van der Waals surface area (Å²) in [7, 11) is 0. The Morgan fingerprint density at radius 2 is 2.24 bits per heavy atom. The van der Waals surface area contributed by atoms with Gasteiger partial charge in [-0.1, -0.05) is 12.1 Å². The van der Waals surface area contributed by atoms with Crippen molar-refractivity contribution in [3.63, 3.8) is 0 Å². The zero-order valence-corrected chi connectivity index (χ0v) is 11.2. The summed E-state index contributed by atoms with van der Waals surface area (Å²) in [5.41, 5.74) is 0.904. The monoisotopic (exact) mass is 345 g/mol. The molecule has 0 radical (unpaired) electrons. The van der Waals surface area contributed by atoms with E-state index in [1.54, 1.807) is 0 Å². The second-order valence-electron chi connectivity index (χ2n) is 3.61. The Morgan fingerprint density at radius 1 is 1.47 bits per heavy atom. The molecule has 6 heteroatoms. The Hall–Kier alpha value is -1.31. The minimum atomic E-state index is -0.306. The van der Waals surface area contributed by atoms with Crippen LogP contribution in [0.15, 0.2) is 24.3 Å². The summed E-state index contributed by atoms with van der Waals surface area (Å²) in [6, 6.07) is 7.38. The molecule has 0 bridgehead atoms. The Kier molecular flexibility index (Phi) is 3.82. The number of urea groups is 1. The van der Waals surface area contributed by atoms with E-state index in [0.29, 0.717) is 13.1 Å². The van der Waals surface area contributed by atoms with Crippen molar-refractivity contribution in [2.75, 3.05) is 25.0 Å². The van der Waals surface area contributed by atoms with E-state index in [2.05, 4.69) is 33.2 Å². The van der Waals surface area contributed by atoms with E-state index in [1.165, 1.54) is 4.90 Å². The number of nitrogens with one attached hydrogen (secondary N) is 2. The molecule has 17 heavy (non-hydrogen) atoms. The van der Waals surface area contributed by atoms with E-state index < -0.39 is 0 Å². The van der Waals surface area contributed by atoms with Gasteiger partial charge in [-0.05, 0) is 34.7 Å². The molecule has 0 spiro atoms. The van der Waals surface area contributed by atoms with Gasteiger partial charge in [-0.25, -0.2) is 4.79 Å². The number of carbonyl (C=O) groups excluding carboxylic acids is 2. The predicted molar refractivity (Wildman–Crippen MR) is 72.8 cm³/mol. The molecule has 0 atom stereocenters. The normalized spacial score (nSPS) is 14.6. The van der Waals surface area contributed by atoms with Crippen LogP contribution in [0.25, 0.3) is 0 Å². The van der Waals surface area contributed by atoms with Crippen LogP contribution in [0.3, 0.4) is 0 Å². The van der Waals surface area contributed by atoms with Crippen LogP contribution in [0.4, 0.5) is 10.5 Å². The van der Waals surface area contributed by atoms with Crippen molar-refractivity contribution in [3.8, 4) is 0 Å². The third-order valence-corrected chi connectivity index (χ3v) is 3.40. The van der Waals surface area contributed by atoms with Crippen LogP contribution in [-0.4, -0.2) is 36.5 Å². The highest BCUT2D eigenvalue weighted by Gasteiger charge is 2.25. The third-order valence-electron chi connectivity index (χ3n) is 2.46. The minimum Gasteiger partial charge on any atom is -0.375 e. The molecule has 5 nitrogen and oxygen atoms in total. The van der Waals surface area contributed by atoms with E-state index in [-0.39, 0.29) is 18.5 Å². The average molecular weight is 345 g/mol. The van der Waals surface area contributed by atoms with E-state index in [1.807, 2.05) is 24.3 Å². The minimum absolute atomic E-state index is 0.132. The topological polar surface area (TPSA) is 61.4 Å². The van der Waals surface area contributed by atoms with Gasteiger partial charge >= 0.3 is 6.03 Å². The molecule has 3 amide bonds. The lowest BCUT2D eigenvalue weighted by Crippen LogP contribution is -2.38. The zero-order valence-electron chi connectivity index (χ0n) is 9.07. The number of benzene rings is 1. The van der Waals surface area contributed by atoms with Crippen molar-refractivity contribution in [3.05, 3.63) is 27.8 Å². The van der Waals surface area contributed by atoms with Crippen molar-refractivity contribution >= 4 is 40.2 Å². The summed E-state index contributed by atoms with van der Waals surface area (Å²) >= 11 is 2.19. The van der Waals surface area contributed by atoms with Crippen LogP contribution in [0.5, 0.6) is 0 Å². The number of hydrogen-bond acceptors (Lipinski definition) is 3. The number of hydrogen-bond donors (Lipinski definition) is 2. The molecular formula is C11H12IN3O2. The molecule has 1 aromatic rings. The highest BCUT2D eigenvalue weighted by atomic mass is 127. The Morgan fingerprint density at radius 3 is 2.88 bits per heavy atom. The Labute approximate surface area is 113 Å². The molecule has 2 N–H and O–H groups in total. The van der Waals surface area contributed by atoms with Crippen LogP contribution in [0.1, 0.15) is 0 Å². The zero-order chi connectivity index (χ0) is 12.3. The quantitative estimate of drug-likeness (QED) is 0.811. The van der Waals surface area contributed by atoms with Gasteiger partial charge in [-0.15, -0.1) is 0 Å². The van der Waals surface area contributed by atoms with E-state index in [4.69, 9.17) is 0 Å². The molecule has 1 aliphatic heterocycles. The lowest BCUT2D eigenvalue weighted by Gasteiger charge is -2.13. The maximum Gasteiger partial charge on any atom is 0.324 e. The fraction of sp³-hybridized carbons (Fsp3) is 0.273. The van der Waals surface area contributed by atoms with Crippen LogP contribution in [-0.2, 0) is 4.79 Å². The van der Waals surface area contributed by atoms with Crippen LogP contribution < -0.4 is 10.6 Å². The average Bonchev–Trinajstić information content (AvgIpc) is 2.74. The number of halogens is 1. The van der Waals surface area contributed by atoms with Crippen molar-refractivity contribution in [1.82, 2.24) is 10.2 Å². The second kappa shape index (κ2) is 5.35. The van der Waals surface area contributed by atoms with Crippen LogP contribution in [0, 0.1) is 3.57 Å². The number of anilines is 1.